The van der Waals surface area contributed by atoms with Gasteiger partial charge in [-0.3, -0.25) is 19.5 Å². The summed E-state index contributed by atoms with van der Waals surface area (Å²) in [6.07, 6.45) is 3.18. The van der Waals surface area contributed by atoms with Crippen molar-refractivity contribution in [3.63, 3.8) is 0 Å². The van der Waals surface area contributed by atoms with Gasteiger partial charge in [-0.15, -0.1) is 0 Å². The Bertz CT molecular complexity index is 1580. The fourth-order valence-electron chi connectivity index (χ4n) is 4.70. The van der Waals surface area contributed by atoms with Gasteiger partial charge in [-0.1, -0.05) is 17.4 Å². The summed E-state index contributed by atoms with van der Waals surface area (Å²) in [5.74, 6) is -0.787. The van der Waals surface area contributed by atoms with Crippen LogP contribution in [0, 0.1) is 13.8 Å². The van der Waals surface area contributed by atoms with Crippen molar-refractivity contribution in [2.75, 3.05) is 18.1 Å². The number of pyridine rings is 1. The molecule has 2 aliphatic rings. The number of carbonyl (C=O) groups excluding carboxylic acids is 2. The highest BCUT2D eigenvalue weighted by atomic mass is 32.1. The van der Waals surface area contributed by atoms with Gasteiger partial charge in [-0.05, 0) is 66.9 Å². The average Bonchev–Trinajstić information content (AvgIpc) is 3.42. The van der Waals surface area contributed by atoms with Gasteiger partial charge in [-0.25, -0.2) is 4.98 Å². The predicted molar refractivity (Wildman–Crippen MR) is 136 cm³/mol. The van der Waals surface area contributed by atoms with Crippen molar-refractivity contribution in [3.8, 4) is 11.5 Å². The number of ketones is 1. The summed E-state index contributed by atoms with van der Waals surface area (Å²) < 4.78 is 12.1. The molecule has 4 aromatic rings. The van der Waals surface area contributed by atoms with Gasteiger partial charge < -0.3 is 14.6 Å². The first-order chi connectivity index (χ1) is 17.4. The molecule has 36 heavy (non-hydrogen) atoms. The number of aliphatic hydroxyl groups excluding tert-OH is 1. The summed E-state index contributed by atoms with van der Waals surface area (Å²) in [6, 6.07) is 11.6. The van der Waals surface area contributed by atoms with Crippen LogP contribution in [0.3, 0.4) is 0 Å². The van der Waals surface area contributed by atoms with Crippen LogP contribution in [0.15, 0.2) is 60.4 Å². The Kier molecular flexibility index (Phi) is 5.22. The molecule has 2 aromatic heterocycles. The van der Waals surface area contributed by atoms with Crippen LogP contribution < -0.4 is 14.4 Å². The molecule has 1 amide bonds. The Morgan fingerprint density at radius 2 is 1.78 bits per heavy atom. The number of amides is 1. The highest BCUT2D eigenvalue weighted by molar-refractivity contribution is 7.22. The van der Waals surface area contributed by atoms with E-state index in [4.69, 9.17) is 14.5 Å². The maximum Gasteiger partial charge on any atom is 0.301 e. The van der Waals surface area contributed by atoms with Crippen molar-refractivity contribution in [2.45, 2.75) is 19.9 Å². The number of aryl methyl sites for hydroxylation is 2. The zero-order valence-corrected chi connectivity index (χ0v) is 20.3. The van der Waals surface area contributed by atoms with Crippen molar-refractivity contribution < 1.29 is 24.2 Å². The third-order valence-corrected chi connectivity index (χ3v) is 7.31. The Morgan fingerprint density at radius 3 is 2.56 bits per heavy atom. The number of rotatable bonds is 3. The number of aliphatic hydroxyl groups is 1. The molecule has 0 spiro atoms. The molecule has 6 rings (SSSR count). The third kappa shape index (κ3) is 3.51. The van der Waals surface area contributed by atoms with Crippen LogP contribution in [-0.2, 0) is 9.59 Å². The van der Waals surface area contributed by atoms with Crippen molar-refractivity contribution in [2.24, 2.45) is 0 Å². The SMILES string of the molecule is Cc1cc(C)c2nc(N3C(=O)C(=O)C(=C(O)c4ccc5c(c4)OCCO5)C3c3ccncc3)sc2c1. The first kappa shape index (κ1) is 22.2. The molecule has 0 bridgehead atoms. The third-order valence-electron chi connectivity index (χ3n) is 6.31. The van der Waals surface area contributed by atoms with Gasteiger partial charge in [0.25, 0.3) is 5.78 Å². The second kappa shape index (κ2) is 8.46. The van der Waals surface area contributed by atoms with E-state index in [9.17, 15) is 14.7 Å². The summed E-state index contributed by atoms with van der Waals surface area (Å²) in [4.78, 5) is 37.0. The first-order valence-electron chi connectivity index (χ1n) is 11.4. The number of aromatic nitrogens is 2. The quantitative estimate of drug-likeness (QED) is 0.248. The molecule has 1 N–H and O–H groups in total. The van der Waals surface area contributed by atoms with Crippen LogP contribution in [0.1, 0.15) is 28.3 Å². The lowest BCUT2D eigenvalue weighted by Gasteiger charge is -2.23. The minimum absolute atomic E-state index is 0.0185. The van der Waals surface area contributed by atoms with E-state index in [0.717, 1.165) is 21.3 Å². The molecule has 0 radical (unpaired) electrons. The fourth-order valence-corrected chi connectivity index (χ4v) is 5.87. The van der Waals surface area contributed by atoms with Crippen LogP contribution in [0.2, 0.25) is 0 Å². The maximum absolute atomic E-state index is 13.4. The fraction of sp³-hybridized carbons (Fsp3) is 0.185. The van der Waals surface area contributed by atoms with Gasteiger partial charge in [-0.2, -0.15) is 0 Å². The maximum atomic E-state index is 13.4. The number of carbonyl (C=O) groups is 2. The van der Waals surface area contributed by atoms with Gasteiger partial charge in [0.15, 0.2) is 16.6 Å². The van der Waals surface area contributed by atoms with E-state index < -0.39 is 17.7 Å². The topological polar surface area (TPSA) is 102 Å². The number of benzene rings is 2. The number of anilines is 1. The van der Waals surface area contributed by atoms with Gasteiger partial charge in [0.05, 0.1) is 21.8 Å². The zero-order valence-electron chi connectivity index (χ0n) is 19.5. The monoisotopic (exact) mass is 499 g/mol. The Labute approximate surface area is 210 Å². The molecular weight excluding hydrogens is 478 g/mol. The Morgan fingerprint density at radius 1 is 1.03 bits per heavy atom. The highest BCUT2D eigenvalue weighted by Gasteiger charge is 2.48. The Balaban J connectivity index is 1.54. The van der Waals surface area contributed by atoms with E-state index in [1.807, 2.05) is 26.0 Å². The number of ether oxygens (including phenoxy) is 2. The van der Waals surface area contributed by atoms with Crippen LogP contribution in [0.5, 0.6) is 11.5 Å². The zero-order chi connectivity index (χ0) is 25.0. The van der Waals surface area contributed by atoms with Crippen LogP contribution in [-0.4, -0.2) is 40.0 Å². The lowest BCUT2D eigenvalue weighted by atomic mass is 9.96. The number of fused-ring (bicyclic) bond motifs is 2. The Hall–Kier alpha value is -4.24. The van der Waals surface area contributed by atoms with Crippen molar-refractivity contribution in [1.29, 1.82) is 0 Å². The largest absolute Gasteiger partial charge is 0.507 e. The van der Waals surface area contributed by atoms with Gasteiger partial charge >= 0.3 is 5.91 Å². The van der Waals surface area contributed by atoms with E-state index in [2.05, 4.69) is 4.98 Å². The highest BCUT2D eigenvalue weighted by Crippen LogP contribution is 2.45. The molecular formula is C27H21N3O5S. The van der Waals surface area contributed by atoms with E-state index in [1.54, 1.807) is 42.7 Å². The number of nitrogens with zero attached hydrogens (tertiary/aromatic N) is 3. The van der Waals surface area contributed by atoms with Crippen molar-refractivity contribution >= 4 is 44.1 Å². The van der Waals surface area contributed by atoms with Gasteiger partial charge in [0, 0.05) is 18.0 Å². The molecule has 0 aliphatic carbocycles. The summed E-state index contributed by atoms with van der Waals surface area (Å²) in [5.41, 5.74) is 3.82. The number of thiazole rings is 1. The van der Waals surface area contributed by atoms with Gasteiger partial charge in [0.2, 0.25) is 0 Å². The molecule has 4 heterocycles. The van der Waals surface area contributed by atoms with Crippen LogP contribution in [0.4, 0.5) is 5.13 Å². The number of hydrogen-bond donors (Lipinski definition) is 1. The standard InChI is InChI=1S/C27H21N3O5S/c1-14-11-15(2)22-20(12-14)36-27(29-22)30-23(16-5-7-28-8-6-16)21(25(32)26(30)33)24(31)17-3-4-18-19(13-17)35-10-9-34-18/h3-8,11-13,23,31H,9-10H2,1-2H3. The average molecular weight is 500 g/mol. The molecule has 1 fully saturated rings. The first-order valence-corrected chi connectivity index (χ1v) is 12.2. The second-order valence-electron chi connectivity index (χ2n) is 8.73. The predicted octanol–water partition coefficient (Wildman–Crippen LogP) is 4.71. The second-order valence-corrected chi connectivity index (χ2v) is 9.74. The summed E-state index contributed by atoms with van der Waals surface area (Å²) >= 11 is 1.34. The lowest BCUT2D eigenvalue weighted by Crippen LogP contribution is -2.29. The molecule has 1 unspecified atom stereocenters. The molecule has 2 aromatic carbocycles. The minimum atomic E-state index is -0.872. The van der Waals surface area contributed by atoms with Crippen molar-refractivity contribution in [1.82, 2.24) is 9.97 Å². The molecule has 2 aliphatic heterocycles. The van der Waals surface area contributed by atoms with E-state index in [-0.39, 0.29) is 11.3 Å². The number of hydrogen-bond acceptors (Lipinski definition) is 8. The molecule has 9 heteroatoms. The van der Waals surface area contributed by atoms with Crippen LogP contribution >= 0.6 is 11.3 Å². The molecule has 1 saturated heterocycles. The van der Waals surface area contributed by atoms with E-state index in [1.165, 1.54) is 16.2 Å². The van der Waals surface area contributed by atoms with Gasteiger partial charge in [0.1, 0.15) is 19.0 Å². The van der Waals surface area contributed by atoms with E-state index in [0.29, 0.717) is 41.0 Å². The summed E-state index contributed by atoms with van der Waals surface area (Å²) in [7, 11) is 0. The summed E-state index contributed by atoms with van der Waals surface area (Å²) in [6.45, 7) is 4.79. The minimum Gasteiger partial charge on any atom is -0.507 e. The normalized spacial score (nSPS) is 18.7. The summed E-state index contributed by atoms with van der Waals surface area (Å²) in [5, 5.41) is 11.8. The molecule has 180 valence electrons. The molecule has 0 saturated carbocycles. The van der Waals surface area contributed by atoms with E-state index >= 15 is 0 Å². The number of Topliss-reactive ketones (excluding diaryl/α,β-unsaturated/α-hetero) is 1. The van der Waals surface area contributed by atoms with Crippen molar-refractivity contribution in [3.05, 3.63) is 82.7 Å². The van der Waals surface area contributed by atoms with Crippen LogP contribution in [0.25, 0.3) is 16.0 Å². The lowest BCUT2D eigenvalue weighted by molar-refractivity contribution is -0.132. The smallest absolute Gasteiger partial charge is 0.301 e. The molecule has 8 nitrogen and oxygen atoms in total. The molecule has 1 atom stereocenters.